The maximum Gasteiger partial charge on any atom is 0.181 e. The Kier molecular flexibility index (Phi) is 2.29. The lowest BCUT2D eigenvalue weighted by Crippen LogP contribution is -1.91. The molecule has 0 atom stereocenters. The fraction of sp³-hybridized carbons (Fsp3) is 0. The summed E-state index contributed by atoms with van der Waals surface area (Å²) in [6.07, 6.45) is 1.60. The highest BCUT2D eigenvalue weighted by atomic mass is 35.5. The summed E-state index contributed by atoms with van der Waals surface area (Å²) in [6, 6.07) is 4.41. The van der Waals surface area contributed by atoms with Gasteiger partial charge in [0, 0.05) is 0 Å². The van der Waals surface area contributed by atoms with Crippen molar-refractivity contribution in [2.75, 3.05) is 5.32 Å². The van der Waals surface area contributed by atoms with Gasteiger partial charge in [0.05, 0.1) is 10.7 Å². The van der Waals surface area contributed by atoms with Gasteiger partial charge in [-0.3, -0.25) is 5.32 Å². The zero-order chi connectivity index (χ0) is 8.27. The Bertz CT molecular complexity index is 306. The Morgan fingerprint density at radius 1 is 1.55 bits per heavy atom. The fourth-order valence-electron chi connectivity index (χ4n) is 0.661. The fourth-order valence-corrected chi connectivity index (χ4v) is 0.835. The predicted octanol–water partition coefficient (Wildman–Crippen LogP) is 2.37. The summed E-state index contributed by atoms with van der Waals surface area (Å²) < 4.78 is 12.8. The second-order valence-corrected chi connectivity index (χ2v) is 2.25. The molecular weight excluding hydrogens is 167 g/mol. The van der Waals surface area contributed by atoms with Crippen LogP contribution in [0.15, 0.2) is 18.2 Å². The molecule has 0 fully saturated rings. The molecule has 0 unspecified atom stereocenters. The third-order valence-corrected chi connectivity index (χ3v) is 1.43. The third kappa shape index (κ3) is 1.60. The molecule has 0 aliphatic heterocycles. The largest absolute Gasteiger partial charge is 0.290 e. The van der Waals surface area contributed by atoms with Gasteiger partial charge < -0.3 is 0 Å². The second-order valence-electron chi connectivity index (χ2n) is 1.84. The SMILES string of the molecule is N#CNc1cccc(Cl)c1F. The van der Waals surface area contributed by atoms with Crippen LogP contribution in [0, 0.1) is 17.3 Å². The summed E-state index contributed by atoms with van der Waals surface area (Å²) in [6.45, 7) is 0. The molecule has 0 bridgehead atoms. The van der Waals surface area contributed by atoms with Crippen molar-refractivity contribution in [1.29, 1.82) is 5.26 Å². The summed E-state index contributed by atoms with van der Waals surface area (Å²) in [7, 11) is 0. The predicted molar refractivity (Wildman–Crippen MR) is 40.6 cm³/mol. The number of nitriles is 1. The van der Waals surface area contributed by atoms with E-state index in [2.05, 4.69) is 5.32 Å². The number of anilines is 1. The standard InChI is InChI=1S/C7H4ClFN2/c8-5-2-1-3-6(7(5)9)11-4-10/h1-3,11H. The van der Waals surface area contributed by atoms with Gasteiger partial charge in [-0.2, -0.15) is 5.26 Å². The maximum absolute atomic E-state index is 12.8. The van der Waals surface area contributed by atoms with Crippen LogP contribution < -0.4 is 5.32 Å². The maximum atomic E-state index is 12.8. The lowest BCUT2D eigenvalue weighted by atomic mass is 10.3. The van der Waals surface area contributed by atoms with Gasteiger partial charge in [0.1, 0.15) is 0 Å². The van der Waals surface area contributed by atoms with Gasteiger partial charge in [0.2, 0.25) is 0 Å². The molecule has 2 nitrogen and oxygen atoms in total. The molecule has 0 amide bonds. The van der Waals surface area contributed by atoms with E-state index < -0.39 is 5.82 Å². The van der Waals surface area contributed by atoms with Crippen LogP contribution in [0.4, 0.5) is 10.1 Å². The van der Waals surface area contributed by atoms with E-state index in [0.717, 1.165) is 0 Å². The third-order valence-electron chi connectivity index (χ3n) is 1.14. The van der Waals surface area contributed by atoms with E-state index in [9.17, 15) is 4.39 Å². The Balaban J connectivity index is 3.08. The summed E-state index contributed by atoms with van der Waals surface area (Å²) >= 11 is 5.43. The van der Waals surface area contributed by atoms with Gasteiger partial charge in [-0.25, -0.2) is 4.39 Å². The Hall–Kier alpha value is -1.27. The zero-order valence-corrected chi connectivity index (χ0v) is 6.19. The normalized spacial score (nSPS) is 8.82. The number of benzene rings is 1. The number of hydrogen-bond acceptors (Lipinski definition) is 2. The molecule has 0 radical (unpaired) electrons. The van der Waals surface area contributed by atoms with Crippen molar-refractivity contribution in [2.24, 2.45) is 0 Å². The summed E-state index contributed by atoms with van der Waals surface area (Å²) in [5.74, 6) is -0.601. The second kappa shape index (κ2) is 3.22. The lowest BCUT2D eigenvalue weighted by Gasteiger charge is -1.99. The van der Waals surface area contributed by atoms with Crippen LogP contribution in [0.1, 0.15) is 0 Å². The number of halogens is 2. The van der Waals surface area contributed by atoms with Crippen molar-refractivity contribution < 1.29 is 4.39 Å². The highest BCUT2D eigenvalue weighted by molar-refractivity contribution is 6.31. The van der Waals surface area contributed by atoms with Gasteiger partial charge in [-0.05, 0) is 12.1 Å². The molecule has 0 aliphatic rings. The smallest absolute Gasteiger partial charge is 0.181 e. The number of nitrogens with one attached hydrogen (secondary N) is 1. The van der Waals surface area contributed by atoms with Gasteiger partial charge >= 0.3 is 0 Å². The summed E-state index contributed by atoms with van der Waals surface area (Å²) in [5, 5.41) is 10.3. The van der Waals surface area contributed by atoms with Gasteiger partial charge in [-0.15, -0.1) is 0 Å². The van der Waals surface area contributed by atoms with Crippen molar-refractivity contribution in [3.8, 4) is 6.19 Å². The molecule has 0 saturated carbocycles. The van der Waals surface area contributed by atoms with E-state index in [0.29, 0.717) is 0 Å². The summed E-state index contributed by atoms with van der Waals surface area (Å²) in [5.41, 5.74) is 0.0972. The molecule has 1 aromatic carbocycles. The number of nitrogens with zero attached hydrogens (tertiary/aromatic N) is 1. The average Bonchev–Trinajstić information content (AvgIpc) is 1.99. The van der Waals surface area contributed by atoms with Gasteiger partial charge in [0.15, 0.2) is 12.0 Å². The molecule has 1 aromatic rings. The first-order valence-corrected chi connectivity index (χ1v) is 3.22. The van der Waals surface area contributed by atoms with Crippen LogP contribution in [0.3, 0.4) is 0 Å². The average molecular weight is 171 g/mol. The topological polar surface area (TPSA) is 35.8 Å². The highest BCUT2D eigenvalue weighted by Gasteiger charge is 2.03. The molecule has 0 aliphatic carbocycles. The molecule has 1 N–H and O–H groups in total. The number of rotatable bonds is 1. The van der Waals surface area contributed by atoms with Crippen molar-refractivity contribution >= 4 is 17.3 Å². The Labute approximate surface area is 68.2 Å². The van der Waals surface area contributed by atoms with Crippen LogP contribution in [0.5, 0.6) is 0 Å². The Morgan fingerprint density at radius 2 is 2.27 bits per heavy atom. The summed E-state index contributed by atoms with van der Waals surface area (Å²) in [4.78, 5) is 0. The van der Waals surface area contributed by atoms with Crippen molar-refractivity contribution in [3.05, 3.63) is 29.0 Å². The van der Waals surface area contributed by atoms with E-state index in [-0.39, 0.29) is 10.7 Å². The molecule has 11 heavy (non-hydrogen) atoms. The molecular formula is C7H4ClFN2. The van der Waals surface area contributed by atoms with E-state index in [1.165, 1.54) is 12.1 Å². The van der Waals surface area contributed by atoms with Crippen molar-refractivity contribution in [1.82, 2.24) is 0 Å². The Morgan fingerprint density at radius 3 is 2.91 bits per heavy atom. The molecule has 0 saturated heterocycles. The minimum Gasteiger partial charge on any atom is -0.290 e. The van der Waals surface area contributed by atoms with Crippen molar-refractivity contribution in [3.63, 3.8) is 0 Å². The minimum atomic E-state index is -0.601. The van der Waals surface area contributed by atoms with Crippen LogP contribution in [0.2, 0.25) is 5.02 Å². The van der Waals surface area contributed by atoms with Crippen LogP contribution >= 0.6 is 11.6 Å². The van der Waals surface area contributed by atoms with Crippen molar-refractivity contribution in [2.45, 2.75) is 0 Å². The van der Waals surface area contributed by atoms with Crippen LogP contribution in [-0.4, -0.2) is 0 Å². The molecule has 1 rings (SSSR count). The van der Waals surface area contributed by atoms with E-state index in [1.54, 1.807) is 12.3 Å². The first-order chi connectivity index (χ1) is 5.25. The van der Waals surface area contributed by atoms with E-state index >= 15 is 0 Å². The van der Waals surface area contributed by atoms with Gasteiger partial charge in [-0.1, -0.05) is 17.7 Å². The van der Waals surface area contributed by atoms with E-state index in [4.69, 9.17) is 16.9 Å². The lowest BCUT2D eigenvalue weighted by molar-refractivity contribution is 0.632. The van der Waals surface area contributed by atoms with Crippen LogP contribution in [-0.2, 0) is 0 Å². The van der Waals surface area contributed by atoms with Gasteiger partial charge in [0.25, 0.3) is 0 Å². The molecule has 56 valence electrons. The molecule has 0 spiro atoms. The first kappa shape index (κ1) is 7.83. The first-order valence-electron chi connectivity index (χ1n) is 2.85. The molecule has 0 aromatic heterocycles. The monoisotopic (exact) mass is 170 g/mol. The minimum absolute atomic E-state index is 0.00486. The highest BCUT2D eigenvalue weighted by Crippen LogP contribution is 2.21. The zero-order valence-electron chi connectivity index (χ0n) is 5.44. The molecule has 4 heteroatoms. The quantitative estimate of drug-likeness (QED) is 0.519. The van der Waals surface area contributed by atoms with E-state index in [1.807, 2.05) is 0 Å². The van der Waals surface area contributed by atoms with Crippen LogP contribution in [0.25, 0.3) is 0 Å². The number of hydrogen-bond donors (Lipinski definition) is 1. The molecule has 0 heterocycles.